The van der Waals surface area contributed by atoms with Crippen molar-refractivity contribution in [1.82, 2.24) is 19.6 Å². The molecule has 1 aromatic carbocycles. The number of nitrogens with zero attached hydrogens (tertiary/aromatic N) is 4. The van der Waals surface area contributed by atoms with Crippen molar-refractivity contribution < 1.29 is 0 Å². The molecule has 3 aromatic rings. The molecule has 0 spiro atoms. The molecule has 2 heterocycles. The molecule has 2 N–H and O–H groups in total. The van der Waals surface area contributed by atoms with Crippen LogP contribution >= 0.6 is 11.6 Å². The molecule has 3 rings (SSSR count). The molecule has 0 fully saturated rings. The molecule has 1 unspecified atom stereocenters. The first kappa shape index (κ1) is 14.1. The summed E-state index contributed by atoms with van der Waals surface area (Å²) in [7, 11) is 1.92. The van der Waals surface area contributed by atoms with Gasteiger partial charge >= 0.3 is 0 Å². The van der Waals surface area contributed by atoms with Crippen LogP contribution in [0.1, 0.15) is 30.8 Å². The summed E-state index contributed by atoms with van der Waals surface area (Å²) in [6, 6.07) is 7.66. The van der Waals surface area contributed by atoms with Crippen molar-refractivity contribution >= 4 is 22.5 Å². The fraction of sp³-hybridized carbons (Fsp3) is 0.333. The molecule has 0 aliphatic carbocycles. The van der Waals surface area contributed by atoms with Crippen LogP contribution in [0.5, 0.6) is 0 Å². The first-order valence-corrected chi connectivity index (χ1v) is 7.39. The molecule has 0 saturated heterocycles. The maximum absolute atomic E-state index is 6.45. The van der Waals surface area contributed by atoms with Gasteiger partial charge in [-0.3, -0.25) is 9.36 Å². The molecular weight excluding hydrogens is 286 g/mol. The van der Waals surface area contributed by atoms with Crippen molar-refractivity contribution in [3.63, 3.8) is 0 Å². The first-order chi connectivity index (χ1) is 10.1. The molecule has 110 valence electrons. The lowest BCUT2D eigenvalue weighted by atomic mass is 10.1. The molecule has 0 aliphatic rings. The van der Waals surface area contributed by atoms with Crippen molar-refractivity contribution in [3.8, 4) is 0 Å². The van der Waals surface area contributed by atoms with Gasteiger partial charge < -0.3 is 5.73 Å². The summed E-state index contributed by atoms with van der Waals surface area (Å²) in [6.07, 6.45) is 2.62. The number of aryl methyl sites for hydroxylation is 2. The van der Waals surface area contributed by atoms with Crippen LogP contribution in [-0.2, 0) is 13.6 Å². The Morgan fingerprint density at radius 1 is 1.33 bits per heavy atom. The van der Waals surface area contributed by atoms with Gasteiger partial charge in [0.05, 0.1) is 34.2 Å². The Morgan fingerprint density at radius 3 is 2.86 bits per heavy atom. The minimum atomic E-state index is -0.391. The maximum Gasteiger partial charge on any atom is 0.0937 e. The molecule has 5 nitrogen and oxygen atoms in total. The molecule has 0 bridgehead atoms. The van der Waals surface area contributed by atoms with Gasteiger partial charge in [0.2, 0.25) is 0 Å². The van der Waals surface area contributed by atoms with Crippen LogP contribution < -0.4 is 5.73 Å². The summed E-state index contributed by atoms with van der Waals surface area (Å²) in [4.78, 5) is 0. The second kappa shape index (κ2) is 5.50. The summed E-state index contributed by atoms with van der Waals surface area (Å²) < 4.78 is 3.72. The number of benzene rings is 1. The third-order valence-corrected chi connectivity index (χ3v) is 3.94. The second-order valence-corrected chi connectivity index (χ2v) is 5.51. The number of halogens is 1. The summed E-state index contributed by atoms with van der Waals surface area (Å²) >= 11 is 6.29. The standard InChI is InChI=1S/C15H18ClN5/c1-3-8-21-15(11(16)9-18-21)13(17)14-10-6-4-5-7-12(10)20(2)19-14/h4-7,9,13H,3,8,17H2,1-2H3. The van der Waals surface area contributed by atoms with Crippen LogP contribution in [0.15, 0.2) is 30.5 Å². The lowest BCUT2D eigenvalue weighted by Gasteiger charge is -2.13. The molecule has 1 atom stereocenters. The zero-order chi connectivity index (χ0) is 15.0. The molecule has 2 aromatic heterocycles. The van der Waals surface area contributed by atoms with Crippen LogP contribution in [0.25, 0.3) is 10.9 Å². The van der Waals surface area contributed by atoms with E-state index in [1.165, 1.54) is 0 Å². The highest BCUT2D eigenvalue weighted by atomic mass is 35.5. The monoisotopic (exact) mass is 303 g/mol. The molecular formula is C15H18ClN5. The summed E-state index contributed by atoms with van der Waals surface area (Å²) in [5.41, 5.74) is 9.16. The smallest absolute Gasteiger partial charge is 0.0937 e. The maximum atomic E-state index is 6.45. The van der Waals surface area contributed by atoms with Gasteiger partial charge in [-0.25, -0.2) is 0 Å². The van der Waals surface area contributed by atoms with Gasteiger partial charge in [-0.1, -0.05) is 36.7 Å². The largest absolute Gasteiger partial charge is 0.318 e. The third-order valence-electron chi connectivity index (χ3n) is 3.64. The van der Waals surface area contributed by atoms with Gasteiger partial charge in [-0.15, -0.1) is 0 Å². The molecule has 21 heavy (non-hydrogen) atoms. The normalized spacial score (nSPS) is 13.0. The van der Waals surface area contributed by atoms with Crippen LogP contribution in [0.4, 0.5) is 0 Å². The zero-order valence-electron chi connectivity index (χ0n) is 12.1. The predicted molar refractivity (Wildman–Crippen MR) is 84.3 cm³/mol. The Balaban J connectivity index is 2.13. The third kappa shape index (κ3) is 2.32. The van der Waals surface area contributed by atoms with Gasteiger partial charge in [0.1, 0.15) is 0 Å². The quantitative estimate of drug-likeness (QED) is 0.806. The van der Waals surface area contributed by atoms with Gasteiger partial charge in [-0.05, 0) is 12.5 Å². The Morgan fingerprint density at radius 2 is 2.10 bits per heavy atom. The van der Waals surface area contributed by atoms with E-state index in [0.717, 1.165) is 35.3 Å². The van der Waals surface area contributed by atoms with Crippen molar-refractivity contribution in [3.05, 3.63) is 46.9 Å². The average Bonchev–Trinajstić information content (AvgIpc) is 3.01. The fourth-order valence-corrected chi connectivity index (χ4v) is 2.93. The highest BCUT2D eigenvalue weighted by molar-refractivity contribution is 6.31. The Kier molecular flexibility index (Phi) is 3.69. The van der Waals surface area contributed by atoms with Gasteiger partial charge in [-0.2, -0.15) is 10.2 Å². The Bertz CT molecular complexity index is 774. The lowest BCUT2D eigenvalue weighted by molar-refractivity contribution is 0.555. The van der Waals surface area contributed by atoms with Gasteiger partial charge in [0.15, 0.2) is 0 Å². The minimum absolute atomic E-state index is 0.391. The van der Waals surface area contributed by atoms with Crippen LogP contribution in [0.2, 0.25) is 5.02 Å². The van der Waals surface area contributed by atoms with Crippen molar-refractivity contribution in [2.75, 3.05) is 0 Å². The highest BCUT2D eigenvalue weighted by Gasteiger charge is 2.23. The van der Waals surface area contributed by atoms with E-state index < -0.39 is 6.04 Å². The summed E-state index contributed by atoms with van der Waals surface area (Å²) in [5.74, 6) is 0. The van der Waals surface area contributed by atoms with Crippen LogP contribution in [0.3, 0.4) is 0 Å². The summed E-state index contributed by atoms with van der Waals surface area (Å²) in [5, 5.41) is 10.5. The van der Waals surface area contributed by atoms with Gasteiger partial charge in [0, 0.05) is 19.0 Å². The zero-order valence-corrected chi connectivity index (χ0v) is 12.9. The topological polar surface area (TPSA) is 61.7 Å². The van der Waals surface area contributed by atoms with E-state index in [4.69, 9.17) is 17.3 Å². The van der Waals surface area contributed by atoms with E-state index in [0.29, 0.717) is 5.02 Å². The van der Waals surface area contributed by atoms with E-state index in [1.54, 1.807) is 6.20 Å². The second-order valence-electron chi connectivity index (χ2n) is 5.10. The van der Waals surface area contributed by atoms with Crippen molar-refractivity contribution in [1.29, 1.82) is 0 Å². The van der Waals surface area contributed by atoms with E-state index in [2.05, 4.69) is 17.1 Å². The number of fused-ring (bicyclic) bond motifs is 1. The molecule has 0 saturated carbocycles. The van der Waals surface area contributed by atoms with Gasteiger partial charge in [0.25, 0.3) is 0 Å². The molecule has 0 radical (unpaired) electrons. The Hall–Kier alpha value is -1.85. The molecule has 0 amide bonds. The number of hydrogen-bond acceptors (Lipinski definition) is 3. The highest BCUT2D eigenvalue weighted by Crippen LogP contribution is 2.30. The fourth-order valence-electron chi connectivity index (χ4n) is 2.67. The van der Waals surface area contributed by atoms with E-state index in [1.807, 2.05) is 40.7 Å². The van der Waals surface area contributed by atoms with E-state index in [9.17, 15) is 0 Å². The average molecular weight is 304 g/mol. The first-order valence-electron chi connectivity index (χ1n) is 7.02. The van der Waals surface area contributed by atoms with Crippen LogP contribution in [-0.4, -0.2) is 19.6 Å². The number of rotatable bonds is 4. The SMILES string of the molecule is CCCn1ncc(Cl)c1C(N)c1nn(C)c2ccccc12. The number of aromatic nitrogens is 4. The van der Waals surface area contributed by atoms with Crippen molar-refractivity contribution in [2.45, 2.75) is 25.9 Å². The van der Waals surface area contributed by atoms with E-state index in [-0.39, 0.29) is 0 Å². The minimum Gasteiger partial charge on any atom is -0.318 e. The van der Waals surface area contributed by atoms with Crippen molar-refractivity contribution in [2.24, 2.45) is 12.8 Å². The Labute approximate surface area is 128 Å². The lowest BCUT2D eigenvalue weighted by Crippen LogP contribution is -2.19. The molecule has 0 aliphatic heterocycles. The van der Waals surface area contributed by atoms with E-state index >= 15 is 0 Å². The number of hydrogen-bond donors (Lipinski definition) is 1. The number of para-hydroxylation sites is 1. The predicted octanol–water partition coefficient (Wildman–Crippen LogP) is 2.88. The molecule has 6 heteroatoms. The van der Waals surface area contributed by atoms with Crippen LogP contribution in [0, 0.1) is 0 Å². The summed E-state index contributed by atoms with van der Waals surface area (Å²) in [6.45, 7) is 2.89. The number of nitrogens with two attached hydrogens (primary N) is 1.